The highest BCUT2D eigenvalue weighted by Gasteiger charge is 2.41. The van der Waals surface area contributed by atoms with E-state index in [-0.39, 0.29) is 25.7 Å². The molecule has 264 valence electrons. The molecule has 46 heavy (non-hydrogen) atoms. The minimum Gasteiger partial charge on any atom is -0.463 e. The topological polar surface area (TPSA) is 198 Å². The van der Waals surface area contributed by atoms with Crippen LogP contribution in [0.5, 0.6) is 0 Å². The molecule has 1 fully saturated rings. The van der Waals surface area contributed by atoms with E-state index in [1.54, 1.807) is 27.7 Å². The van der Waals surface area contributed by atoms with Gasteiger partial charge in [-0.05, 0) is 27.7 Å². The number of rotatable bonds is 8. The monoisotopic (exact) mass is 660 g/mol. The Hall–Kier alpha value is -3.26. The summed E-state index contributed by atoms with van der Waals surface area (Å²) in [5.41, 5.74) is 0. The van der Waals surface area contributed by atoms with Gasteiger partial charge in [0, 0.05) is 65.2 Å². The maximum Gasteiger partial charge on any atom is 0.311 e. The van der Waals surface area contributed by atoms with E-state index in [9.17, 15) is 39.0 Å². The molecule has 1 heterocycles. The highest BCUT2D eigenvalue weighted by molar-refractivity contribution is 5.74. The normalized spacial score (nSPS) is 33.0. The number of hydrogen-bond donors (Lipinski definition) is 2. The third-order valence-corrected chi connectivity index (χ3v) is 8.13. The molecule has 2 unspecified atom stereocenters. The van der Waals surface area contributed by atoms with Crippen LogP contribution in [0, 0.1) is 23.7 Å². The molecule has 0 radical (unpaired) electrons. The van der Waals surface area contributed by atoms with Crippen molar-refractivity contribution in [1.82, 2.24) is 0 Å². The van der Waals surface area contributed by atoms with E-state index in [0.717, 1.165) is 0 Å². The predicted octanol–water partition coefficient (Wildman–Crippen LogP) is 2.42. The Morgan fingerprint density at radius 1 is 0.652 bits per heavy atom. The van der Waals surface area contributed by atoms with E-state index in [4.69, 9.17) is 28.4 Å². The minimum absolute atomic E-state index is 0.000134. The fraction of sp³-hybridized carbons (Fsp3) is 0.812. The molecular formula is C32H52O14. The minimum atomic E-state index is -1.40. The lowest BCUT2D eigenvalue weighted by molar-refractivity contribution is -0.173. The fourth-order valence-electron chi connectivity index (χ4n) is 5.65. The van der Waals surface area contributed by atoms with Crippen LogP contribution in [0.15, 0.2) is 0 Å². The second-order valence-corrected chi connectivity index (χ2v) is 12.5. The summed E-state index contributed by atoms with van der Waals surface area (Å²) >= 11 is 0. The van der Waals surface area contributed by atoms with Crippen LogP contribution in [0.3, 0.4) is 0 Å². The standard InChI is InChI=1S/C32H52O14/c1-15(41-21(7)33)11-25-13-27(43-23(9)35)17(3)29(37)20(6)32(40)46-26(12-16(2)42-22(8)34)14-28(44-24(10)36)18(4)30(38)19(5)31(39)45-25/h15-20,25-30,37-38H,11-14H2,1-10H3/t15-,16-,17+,18+,19+,20+,25+,26?,27?,28+,29+,30+/m0/s1. The van der Waals surface area contributed by atoms with Gasteiger partial charge in [0.1, 0.15) is 36.6 Å². The van der Waals surface area contributed by atoms with Crippen molar-refractivity contribution in [2.45, 2.75) is 144 Å². The Morgan fingerprint density at radius 3 is 1.22 bits per heavy atom. The lowest BCUT2D eigenvalue weighted by atomic mass is 9.85. The smallest absolute Gasteiger partial charge is 0.311 e. The number of hydrogen-bond acceptors (Lipinski definition) is 14. The van der Waals surface area contributed by atoms with Crippen LogP contribution in [-0.4, -0.2) is 94.9 Å². The molecule has 12 atom stereocenters. The summed E-state index contributed by atoms with van der Waals surface area (Å²) < 4.78 is 33.1. The van der Waals surface area contributed by atoms with Crippen molar-refractivity contribution < 1.29 is 67.4 Å². The van der Waals surface area contributed by atoms with E-state index in [1.807, 2.05) is 0 Å². The van der Waals surface area contributed by atoms with Gasteiger partial charge in [-0.25, -0.2) is 0 Å². The quantitative estimate of drug-likeness (QED) is 0.284. The van der Waals surface area contributed by atoms with E-state index in [1.165, 1.54) is 41.5 Å². The first-order valence-corrected chi connectivity index (χ1v) is 15.7. The van der Waals surface area contributed by atoms with Crippen LogP contribution in [0.25, 0.3) is 0 Å². The molecular weight excluding hydrogens is 608 g/mol. The fourth-order valence-corrected chi connectivity index (χ4v) is 5.65. The first-order chi connectivity index (χ1) is 21.2. The van der Waals surface area contributed by atoms with Gasteiger partial charge >= 0.3 is 35.8 Å². The molecule has 1 saturated heterocycles. The molecule has 0 aromatic carbocycles. The Kier molecular flexibility index (Phi) is 16.6. The number of aliphatic hydroxyl groups excluding tert-OH is 2. The average molecular weight is 661 g/mol. The van der Waals surface area contributed by atoms with Gasteiger partial charge in [0.15, 0.2) is 0 Å². The third kappa shape index (κ3) is 13.6. The first kappa shape index (κ1) is 40.8. The average Bonchev–Trinajstić information content (AvgIpc) is 2.91. The van der Waals surface area contributed by atoms with Crippen molar-refractivity contribution in [3.05, 3.63) is 0 Å². The zero-order chi connectivity index (χ0) is 35.5. The van der Waals surface area contributed by atoms with Gasteiger partial charge < -0.3 is 38.6 Å². The van der Waals surface area contributed by atoms with Crippen LogP contribution in [0.2, 0.25) is 0 Å². The molecule has 0 spiro atoms. The highest BCUT2D eigenvalue weighted by Crippen LogP contribution is 2.30. The Balaban J connectivity index is 3.66. The van der Waals surface area contributed by atoms with E-state index >= 15 is 0 Å². The molecule has 0 amide bonds. The number of esters is 6. The Bertz CT molecular complexity index is 977. The lowest BCUT2D eigenvalue weighted by Crippen LogP contribution is -2.45. The largest absolute Gasteiger partial charge is 0.463 e. The molecule has 2 N–H and O–H groups in total. The van der Waals surface area contributed by atoms with Gasteiger partial charge in [0.05, 0.1) is 24.0 Å². The Morgan fingerprint density at radius 2 is 0.957 bits per heavy atom. The van der Waals surface area contributed by atoms with Gasteiger partial charge in [-0.15, -0.1) is 0 Å². The molecule has 0 aromatic heterocycles. The van der Waals surface area contributed by atoms with Gasteiger partial charge in [-0.1, -0.05) is 13.8 Å². The van der Waals surface area contributed by atoms with E-state index in [0.29, 0.717) is 0 Å². The van der Waals surface area contributed by atoms with Crippen molar-refractivity contribution in [2.24, 2.45) is 23.7 Å². The second-order valence-electron chi connectivity index (χ2n) is 12.5. The van der Waals surface area contributed by atoms with Crippen molar-refractivity contribution in [3.63, 3.8) is 0 Å². The molecule has 0 saturated carbocycles. The van der Waals surface area contributed by atoms with Gasteiger partial charge in [-0.3, -0.25) is 28.8 Å². The highest BCUT2D eigenvalue weighted by atomic mass is 16.6. The zero-order valence-corrected chi connectivity index (χ0v) is 28.6. The van der Waals surface area contributed by atoms with Crippen molar-refractivity contribution in [3.8, 4) is 0 Å². The summed E-state index contributed by atoms with van der Waals surface area (Å²) in [7, 11) is 0. The SMILES string of the molecule is CC(=O)OC1C[C@@H](C[C@H](C)OC(C)=O)OC(=O)[C@H](C)[C@H](O)[C@H](C)[C@H](OC(C)=O)CC(C[C@H](C)OC(C)=O)OC(=O)[C@H](C)[C@H](O)[C@@H]1C. The lowest BCUT2D eigenvalue weighted by Gasteiger charge is -2.36. The maximum atomic E-state index is 13.4. The molecule has 14 heteroatoms. The van der Waals surface area contributed by atoms with Crippen molar-refractivity contribution in [2.75, 3.05) is 0 Å². The predicted molar refractivity (Wildman–Crippen MR) is 160 cm³/mol. The summed E-state index contributed by atoms with van der Waals surface area (Å²) in [4.78, 5) is 74.2. The molecule has 1 aliphatic rings. The number of carbonyl (C=O) groups excluding carboxylic acids is 6. The van der Waals surface area contributed by atoms with E-state index in [2.05, 4.69) is 0 Å². The number of ether oxygens (including phenoxy) is 6. The van der Waals surface area contributed by atoms with Gasteiger partial charge in [-0.2, -0.15) is 0 Å². The summed E-state index contributed by atoms with van der Waals surface area (Å²) in [5.74, 6) is -8.16. The summed E-state index contributed by atoms with van der Waals surface area (Å²) in [6.45, 7) is 14.0. The molecule has 14 nitrogen and oxygen atoms in total. The zero-order valence-electron chi connectivity index (χ0n) is 28.6. The molecule has 1 rings (SSSR count). The van der Waals surface area contributed by atoms with Crippen LogP contribution in [0.1, 0.15) is 94.9 Å². The number of cyclic esters (lactones) is 2. The van der Waals surface area contributed by atoms with E-state index < -0.39 is 108 Å². The Labute approximate surface area is 270 Å². The number of carbonyl (C=O) groups is 6. The second kappa shape index (κ2) is 18.8. The number of aliphatic hydroxyl groups is 2. The molecule has 1 aliphatic heterocycles. The maximum absolute atomic E-state index is 13.4. The van der Waals surface area contributed by atoms with Crippen LogP contribution in [-0.2, 0) is 57.2 Å². The third-order valence-electron chi connectivity index (χ3n) is 8.13. The van der Waals surface area contributed by atoms with Crippen LogP contribution >= 0.6 is 0 Å². The van der Waals surface area contributed by atoms with Gasteiger partial charge in [0.25, 0.3) is 0 Å². The summed E-state index contributed by atoms with van der Waals surface area (Å²) in [5, 5.41) is 22.6. The molecule has 0 aromatic rings. The van der Waals surface area contributed by atoms with Crippen molar-refractivity contribution >= 4 is 35.8 Å². The molecule has 0 bridgehead atoms. The molecule has 0 aliphatic carbocycles. The summed E-state index contributed by atoms with van der Waals surface area (Å²) in [6.07, 6.45) is -8.60. The van der Waals surface area contributed by atoms with Gasteiger partial charge in [0.2, 0.25) is 0 Å². The summed E-state index contributed by atoms with van der Waals surface area (Å²) in [6, 6.07) is 0. The first-order valence-electron chi connectivity index (χ1n) is 15.7. The van der Waals surface area contributed by atoms with Crippen molar-refractivity contribution in [1.29, 1.82) is 0 Å². The van der Waals surface area contributed by atoms with Crippen LogP contribution < -0.4 is 0 Å². The van der Waals surface area contributed by atoms with Crippen LogP contribution in [0.4, 0.5) is 0 Å².